The van der Waals surface area contributed by atoms with Crippen molar-refractivity contribution in [1.29, 1.82) is 0 Å². The molecule has 2 aromatic carbocycles. The number of ether oxygens (including phenoxy) is 1. The lowest BCUT2D eigenvalue weighted by atomic mass is 10.1. The summed E-state index contributed by atoms with van der Waals surface area (Å²) in [5, 5.41) is 10.6. The summed E-state index contributed by atoms with van der Waals surface area (Å²) in [7, 11) is 1.35. The molecule has 0 saturated heterocycles. The molecular formula is C15H13NO4S. The number of hydrogen-bond donors (Lipinski definition) is 0. The number of non-ortho nitro benzene ring substituents is 1. The van der Waals surface area contributed by atoms with Gasteiger partial charge in [-0.15, -0.1) is 11.8 Å². The van der Waals surface area contributed by atoms with Gasteiger partial charge < -0.3 is 4.74 Å². The Kier molecular flexibility index (Phi) is 4.94. The maximum absolute atomic E-state index is 11.3. The SMILES string of the molecule is COC(=O)c1ccc(CSc2ccc([N+](=O)[O-])cc2)cc1. The summed E-state index contributed by atoms with van der Waals surface area (Å²) in [6, 6.07) is 13.6. The Morgan fingerprint density at radius 2 is 1.76 bits per heavy atom. The van der Waals surface area contributed by atoms with Crippen molar-refractivity contribution in [3.05, 3.63) is 69.8 Å². The Balaban J connectivity index is 1.96. The molecule has 0 bridgehead atoms. The molecule has 0 radical (unpaired) electrons. The number of methoxy groups -OCH3 is 1. The van der Waals surface area contributed by atoms with E-state index >= 15 is 0 Å². The summed E-state index contributed by atoms with van der Waals surface area (Å²) in [6.07, 6.45) is 0. The Bertz CT molecular complexity index is 638. The van der Waals surface area contributed by atoms with Crippen LogP contribution in [0.5, 0.6) is 0 Å². The molecule has 0 unspecified atom stereocenters. The molecule has 0 aliphatic carbocycles. The van der Waals surface area contributed by atoms with Crippen LogP contribution in [0, 0.1) is 10.1 Å². The van der Waals surface area contributed by atoms with E-state index in [4.69, 9.17) is 0 Å². The number of carbonyl (C=O) groups excluding carboxylic acids is 1. The van der Waals surface area contributed by atoms with E-state index in [2.05, 4.69) is 4.74 Å². The summed E-state index contributed by atoms with van der Waals surface area (Å²) < 4.78 is 4.64. The minimum Gasteiger partial charge on any atom is -0.465 e. The van der Waals surface area contributed by atoms with Crippen LogP contribution >= 0.6 is 11.8 Å². The van der Waals surface area contributed by atoms with Crippen molar-refractivity contribution >= 4 is 23.4 Å². The van der Waals surface area contributed by atoms with Crippen LogP contribution in [0.15, 0.2) is 53.4 Å². The highest BCUT2D eigenvalue weighted by Gasteiger charge is 2.06. The Morgan fingerprint density at radius 1 is 1.14 bits per heavy atom. The molecule has 0 aliphatic heterocycles. The number of hydrogen-bond acceptors (Lipinski definition) is 5. The van der Waals surface area contributed by atoms with Crippen LogP contribution in [-0.2, 0) is 10.5 Å². The van der Waals surface area contributed by atoms with Crippen molar-refractivity contribution in [3.8, 4) is 0 Å². The minimum atomic E-state index is -0.417. The average molecular weight is 303 g/mol. The first kappa shape index (κ1) is 15.1. The molecule has 0 amide bonds. The maximum atomic E-state index is 11.3. The molecule has 108 valence electrons. The van der Waals surface area contributed by atoms with Gasteiger partial charge in [0.2, 0.25) is 0 Å². The number of rotatable bonds is 5. The second kappa shape index (κ2) is 6.90. The van der Waals surface area contributed by atoms with Gasteiger partial charge in [0.15, 0.2) is 0 Å². The number of nitro groups is 1. The van der Waals surface area contributed by atoms with Gasteiger partial charge >= 0.3 is 5.97 Å². The summed E-state index contributed by atoms with van der Waals surface area (Å²) >= 11 is 1.58. The highest BCUT2D eigenvalue weighted by Crippen LogP contribution is 2.25. The lowest BCUT2D eigenvalue weighted by Crippen LogP contribution is -2.00. The van der Waals surface area contributed by atoms with E-state index in [9.17, 15) is 14.9 Å². The lowest BCUT2D eigenvalue weighted by molar-refractivity contribution is -0.384. The first-order valence-corrected chi connectivity index (χ1v) is 7.13. The molecule has 2 rings (SSSR count). The van der Waals surface area contributed by atoms with Gasteiger partial charge in [-0.05, 0) is 29.8 Å². The minimum absolute atomic E-state index is 0.0850. The molecule has 0 spiro atoms. The zero-order valence-corrected chi connectivity index (χ0v) is 12.1. The zero-order valence-electron chi connectivity index (χ0n) is 11.3. The van der Waals surface area contributed by atoms with Crippen molar-refractivity contribution in [2.45, 2.75) is 10.6 Å². The fourth-order valence-corrected chi connectivity index (χ4v) is 2.54. The fourth-order valence-electron chi connectivity index (χ4n) is 1.69. The van der Waals surface area contributed by atoms with Gasteiger partial charge in [-0.2, -0.15) is 0 Å². The summed E-state index contributed by atoms with van der Waals surface area (Å²) in [5.41, 5.74) is 1.66. The van der Waals surface area contributed by atoms with Crippen LogP contribution in [0.3, 0.4) is 0 Å². The van der Waals surface area contributed by atoms with Gasteiger partial charge in [0.1, 0.15) is 0 Å². The quantitative estimate of drug-likeness (QED) is 0.365. The van der Waals surface area contributed by atoms with Gasteiger partial charge in [-0.3, -0.25) is 10.1 Å². The smallest absolute Gasteiger partial charge is 0.337 e. The van der Waals surface area contributed by atoms with Gasteiger partial charge in [0, 0.05) is 22.8 Å². The van der Waals surface area contributed by atoms with Gasteiger partial charge in [-0.25, -0.2) is 4.79 Å². The third-order valence-electron chi connectivity index (χ3n) is 2.83. The molecule has 0 atom stereocenters. The first-order chi connectivity index (χ1) is 10.1. The monoisotopic (exact) mass is 303 g/mol. The van der Waals surface area contributed by atoms with E-state index in [1.54, 1.807) is 36.0 Å². The number of nitrogens with zero attached hydrogens (tertiary/aromatic N) is 1. The molecule has 0 heterocycles. The molecule has 0 aromatic heterocycles. The molecule has 0 saturated carbocycles. The van der Waals surface area contributed by atoms with Crippen molar-refractivity contribution in [3.63, 3.8) is 0 Å². The van der Waals surface area contributed by atoms with Crippen molar-refractivity contribution in [2.75, 3.05) is 7.11 Å². The fraction of sp³-hybridized carbons (Fsp3) is 0.133. The van der Waals surface area contributed by atoms with Crippen molar-refractivity contribution < 1.29 is 14.5 Å². The average Bonchev–Trinajstić information content (AvgIpc) is 2.53. The van der Waals surface area contributed by atoms with Crippen LogP contribution in [-0.4, -0.2) is 18.0 Å². The van der Waals surface area contributed by atoms with Crippen LogP contribution in [0.4, 0.5) is 5.69 Å². The second-order valence-electron chi connectivity index (χ2n) is 4.23. The van der Waals surface area contributed by atoms with Crippen LogP contribution in [0.1, 0.15) is 15.9 Å². The molecule has 2 aromatic rings. The molecule has 21 heavy (non-hydrogen) atoms. The normalized spacial score (nSPS) is 10.1. The number of carbonyl (C=O) groups is 1. The van der Waals surface area contributed by atoms with E-state index in [-0.39, 0.29) is 11.7 Å². The number of thioether (sulfide) groups is 1. The van der Waals surface area contributed by atoms with E-state index in [1.807, 2.05) is 12.1 Å². The van der Waals surface area contributed by atoms with Crippen LogP contribution < -0.4 is 0 Å². The van der Waals surface area contributed by atoms with E-state index in [1.165, 1.54) is 19.2 Å². The molecule has 5 nitrogen and oxygen atoms in total. The van der Waals surface area contributed by atoms with E-state index < -0.39 is 4.92 Å². The van der Waals surface area contributed by atoms with E-state index in [0.29, 0.717) is 5.56 Å². The third-order valence-corrected chi connectivity index (χ3v) is 3.91. The topological polar surface area (TPSA) is 69.4 Å². The molecule has 0 fully saturated rings. The third kappa shape index (κ3) is 4.06. The van der Waals surface area contributed by atoms with Gasteiger partial charge in [0.05, 0.1) is 17.6 Å². The Labute approximate surface area is 126 Å². The van der Waals surface area contributed by atoms with Gasteiger partial charge in [0.25, 0.3) is 5.69 Å². The second-order valence-corrected chi connectivity index (χ2v) is 5.28. The first-order valence-electron chi connectivity index (χ1n) is 6.14. The lowest BCUT2D eigenvalue weighted by Gasteiger charge is -2.03. The van der Waals surface area contributed by atoms with Crippen LogP contribution in [0.25, 0.3) is 0 Å². The highest BCUT2D eigenvalue weighted by molar-refractivity contribution is 7.98. The molecular weight excluding hydrogens is 290 g/mol. The molecule has 0 N–H and O–H groups in total. The number of esters is 1. The predicted molar refractivity (Wildman–Crippen MR) is 80.4 cm³/mol. The largest absolute Gasteiger partial charge is 0.465 e. The zero-order chi connectivity index (χ0) is 15.2. The number of benzene rings is 2. The summed E-state index contributed by atoms with van der Waals surface area (Å²) in [6.45, 7) is 0. The standard InChI is InChI=1S/C15H13NO4S/c1-20-15(17)12-4-2-11(3-5-12)10-21-14-8-6-13(7-9-14)16(18)19/h2-9H,10H2,1H3. The van der Waals surface area contributed by atoms with Crippen LogP contribution in [0.2, 0.25) is 0 Å². The Hall–Kier alpha value is -2.34. The molecule has 0 aliphatic rings. The van der Waals surface area contributed by atoms with Crippen molar-refractivity contribution in [1.82, 2.24) is 0 Å². The predicted octanol–water partition coefficient (Wildman–Crippen LogP) is 3.67. The highest BCUT2D eigenvalue weighted by atomic mass is 32.2. The summed E-state index contributed by atoms with van der Waals surface area (Å²) in [4.78, 5) is 22.4. The molecule has 6 heteroatoms. The summed E-state index contributed by atoms with van der Waals surface area (Å²) in [5.74, 6) is 0.365. The van der Waals surface area contributed by atoms with Gasteiger partial charge in [-0.1, -0.05) is 12.1 Å². The number of nitro benzene ring substituents is 1. The Morgan fingerprint density at radius 3 is 2.29 bits per heavy atom. The van der Waals surface area contributed by atoms with E-state index in [0.717, 1.165) is 16.2 Å². The van der Waals surface area contributed by atoms with Crippen molar-refractivity contribution in [2.24, 2.45) is 0 Å². The maximum Gasteiger partial charge on any atom is 0.337 e.